The smallest absolute Gasteiger partial charge is 0.214 e. The third-order valence-electron chi connectivity index (χ3n) is 5.11. The first-order valence-electron chi connectivity index (χ1n) is 9.14. The first kappa shape index (κ1) is 17.5. The van der Waals surface area contributed by atoms with E-state index in [1.54, 1.807) is 18.5 Å². The summed E-state index contributed by atoms with van der Waals surface area (Å²) in [5.41, 5.74) is 5.17. The molecule has 0 unspecified atom stereocenters. The monoisotopic (exact) mass is 365 g/mol. The minimum absolute atomic E-state index is 0.0372. The van der Waals surface area contributed by atoms with Crippen molar-refractivity contribution in [1.29, 1.82) is 0 Å². The van der Waals surface area contributed by atoms with E-state index in [2.05, 4.69) is 26.9 Å². The number of ether oxygens (including phenoxy) is 1. The van der Waals surface area contributed by atoms with Crippen LogP contribution in [-0.2, 0) is 11.8 Å². The molecule has 0 N–H and O–H groups in total. The van der Waals surface area contributed by atoms with Gasteiger partial charge in [-0.1, -0.05) is 0 Å². The highest BCUT2D eigenvalue weighted by molar-refractivity contribution is 6.00. The van der Waals surface area contributed by atoms with Crippen molar-refractivity contribution >= 4 is 12.0 Å². The number of aromatic nitrogens is 3. The fraction of sp³-hybridized carbons (Fsp3) is 0.400. The number of nitrogens with zero attached hydrogens (tertiary/aromatic N) is 5. The number of aliphatic imine (C=N–C) groups is 1. The summed E-state index contributed by atoms with van der Waals surface area (Å²) < 4.78 is 8.03. The van der Waals surface area contributed by atoms with Crippen molar-refractivity contribution in [1.82, 2.24) is 19.7 Å². The molecule has 0 bridgehead atoms. The summed E-state index contributed by atoms with van der Waals surface area (Å²) >= 11 is 0. The van der Waals surface area contributed by atoms with Crippen molar-refractivity contribution in [2.45, 2.75) is 26.4 Å². The molecule has 0 aromatic carbocycles. The van der Waals surface area contributed by atoms with Gasteiger partial charge in [-0.15, -0.1) is 0 Å². The molecule has 2 aliphatic heterocycles. The number of ketones is 1. The predicted octanol–water partition coefficient (Wildman–Crippen LogP) is 2.09. The molecule has 2 aromatic rings. The first-order valence-corrected chi connectivity index (χ1v) is 9.14. The van der Waals surface area contributed by atoms with Crippen LogP contribution in [0, 0.1) is 13.8 Å². The second-order valence-corrected chi connectivity index (χ2v) is 7.03. The quantitative estimate of drug-likeness (QED) is 0.830. The molecule has 2 aliphatic rings. The summed E-state index contributed by atoms with van der Waals surface area (Å²) in [5, 5.41) is 4.49. The Morgan fingerprint density at radius 3 is 2.89 bits per heavy atom. The Morgan fingerprint density at radius 1 is 1.30 bits per heavy atom. The molecule has 2 aromatic heterocycles. The predicted molar refractivity (Wildman–Crippen MR) is 103 cm³/mol. The maximum absolute atomic E-state index is 11.6. The van der Waals surface area contributed by atoms with Gasteiger partial charge in [0, 0.05) is 55.8 Å². The number of allylic oxidation sites excluding steroid dienone is 1. The van der Waals surface area contributed by atoms with Crippen LogP contribution in [0.2, 0.25) is 0 Å². The van der Waals surface area contributed by atoms with Crippen molar-refractivity contribution in [3.63, 3.8) is 0 Å². The van der Waals surface area contributed by atoms with Crippen molar-refractivity contribution in [2.24, 2.45) is 12.0 Å². The molecule has 0 aliphatic carbocycles. The van der Waals surface area contributed by atoms with Crippen LogP contribution in [0.1, 0.15) is 17.8 Å². The van der Waals surface area contributed by atoms with Crippen LogP contribution in [0.5, 0.6) is 5.88 Å². The molecule has 7 nitrogen and oxygen atoms in total. The van der Waals surface area contributed by atoms with E-state index in [4.69, 9.17) is 4.74 Å². The van der Waals surface area contributed by atoms with Crippen molar-refractivity contribution < 1.29 is 9.53 Å². The van der Waals surface area contributed by atoms with E-state index in [1.165, 1.54) is 0 Å². The van der Waals surface area contributed by atoms with Gasteiger partial charge in [0.25, 0.3) is 0 Å². The molecule has 0 amide bonds. The molecule has 0 radical (unpaired) electrons. The maximum atomic E-state index is 11.6. The van der Waals surface area contributed by atoms with Crippen LogP contribution in [0.3, 0.4) is 0 Å². The zero-order valence-corrected chi connectivity index (χ0v) is 15.8. The Bertz CT molecular complexity index is 944. The van der Waals surface area contributed by atoms with E-state index in [0.29, 0.717) is 5.88 Å². The second-order valence-electron chi connectivity index (χ2n) is 7.03. The van der Waals surface area contributed by atoms with E-state index in [-0.39, 0.29) is 18.4 Å². The van der Waals surface area contributed by atoms with Gasteiger partial charge >= 0.3 is 0 Å². The Labute approximate surface area is 158 Å². The fourth-order valence-corrected chi connectivity index (χ4v) is 3.70. The van der Waals surface area contributed by atoms with Gasteiger partial charge in [0.2, 0.25) is 5.88 Å². The van der Waals surface area contributed by atoms with Gasteiger partial charge in [-0.2, -0.15) is 5.10 Å². The lowest BCUT2D eigenvalue weighted by Crippen LogP contribution is -2.27. The molecule has 27 heavy (non-hydrogen) atoms. The number of aryl methyl sites for hydroxylation is 2. The lowest BCUT2D eigenvalue weighted by Gasteiger charge is -2.20. The summed E-state index contributed by atoms with van der Waals surface area (Å²) in [6.45, 7) is 5.89. The number of hydrogen-bond acceptors (Lipinski definition) is 6. The zero-order valence-electron chi connectivity index (χ0n) is 15.8. The van der Waals surface area contributed by atoms with Crippen LogP contribution in [-0.4, -0.2) is 57.4 Å². The highest BCUT2D eigenvalue weighted by Crippen LogP contribution is 2.29. The summed E-state index contributed by atoms with van der Waals surface area (Å²) in [7, 11) is 1.95. The van der Waals surface area contributed by atoms with Crippen LogP contribution in [0.15, 0.2) is 35.1 Å². The topological polar surface area (TPSA) is 72.6 Å². The normalized spacial score (nSPS) is 19.5. The van der Waals surface area contributed by atoms with Gasteiger partial charge in [0.15, 0.2) is 5.78 Å². The van der Waals surface area contributed by atoms with Crippen molar-refractivity contribution in [3.8, 4) is 17.0 Å². The fourth-order valence-electron chi connectivity index (χ4n) is 3.70. The molecule has 1 saturated heterocycles. The lowest BCUT2D eigenvalue weighted by molar-refractivity contribution is -0.113. The average Bonchev–Trinajstić information content (AvgIpc) is 3.20. The molecular weight excluding hydrogens is 342 g/mol. The zero-order chi connectivity index (χ0) is 19.0. The van der Waals surface area contributed by atoms with Crippen LogP contribution < -0.4 is 4.74 Å². The van der Waals surface area contributed by atoms with Gasteiger partial charge in [-0.3, -0.25) is 14.5 Å². The van der Waals surface area contributed by atoms with E-state index in [9.17, 15) is 4.79 Å². The maximum Gasteiger partial charge on any atom is 0.214 e. The molecule has 0 spiro atoms. The van der Waals surface area contributed by atoms with Gasteiger partial charge in [0.05, 0.1) is 17.9 Å². The van der Waals surface area contributed by atoms with E-state index >= 15 is 0 Å². The summed E-state index contributed by atoms with van der Waals surface area (Å²) in [6.07, 6.45) is 6.14. The highest BCUT2D eigenvalue weighted by Gasteiger charge is 2.26. The van der Waals surface area contributed by atoms with Crippen LogP contribution in [0.25, 0.3) is 11.1 Å². The minimum atomic E-state index is 0.0372. The SMILES string of the molecule is Cc1nn(C)c(C)c1-c1ccnc(O[C@@H]2CCN(C3=CC(=O)CN=C3)C2)c1. The number of pyridine rings is 1. The molecule has 4 rings (SSSR count). The number of dihydropyridines is 1. The van der Waals surface area contributed by atoms with E-state index < -0.39 is 0 Å². The number of likely N-dealkylation sites (tertiary alicyclic amines) is 1. The van der Waals surface area contributed by atoms with Gasteiger partial charge in [-0.25, -0.2) is 4.98 Å². The molecule has 1 fully saturated rings. The molecule has 0 saturated carbocycles. The molecular formula is C20H23N5O2. The largest absolute Gasteiger partial charge is 0.472 e. The summed E-state index contributed by atoms with van der Waals surface area (Å²) in [5.74, 6) is 0.665. The van der Waals surface area contributed by atoms with Crippen molar-refractivity contribution in [2.75, 3.05) is 19.6 Å². The molecule has 140 valence electrons. The molecule has 7 heteroatoms. The van der Waals surface area contributed by atoms with Gasteiger partial charge in [0.1, 0.15) is 12.6 Å². The lowest BCUT2D eigenvalue weighted by atomic mass is 10.1. The highest BCUT2D eigenvalue weighted by atomic mass is 16.5. The first-order chi connectivity index (χ1) is 13.0. The van der Waals surface area contributed by atoms with Gasteiger partial charge in [-0.05, 0) is 25.5 Å². The standard InChI is InChI=1S/C20H23N5O2/c1-13-20(14(2)24(3)23-13)15-4-6-22-19(8-15)27-18-5-7-25(12-18)16-9-17(26)11-21-10-16/h4,6,8-10,18H,5,7,11-12H2,1-3H3/t18-/m1/s1. The number of carbonyl (C=O) groups excluding carboxylic acids is 1. The Kier molecular flexibility index (Phi) is 4.51. The summed E-state index contributed by atoms with van der Waals surface area (Å²) in [4.78, 5) is 22.2. The van der Waals surface area contributed by atoms with E-state index in [0.717, 1.165) is 47.7 Å². The Hall–Kier alpha value is -2.96. The Morgan fingerprint density at radius 2 is 2.15 bits per heavy atom. The van der Waals surface area contributed by atoms with Crippen molar-refractivity contribution in [3.05, 3.63) is 41.5 Å². The number of carbonyl (C=O) groups is 1. The molecule has 1 atom stereocenters. The molecule has 4 heterocycles. The summed E-state index contributed by atoms with van der Waals surface area (Å²) in [6, 6.07) is 3.96. The van der Waals surface area contributed by atoms with E-state index in [1.807, 2.05) is 30.8 Å². The number of hydrogen-bond donors (Lipinski definition) is 0. The van der Waals surface area contributed by atoms with Crippen LogP contribution >= 0.6 is 0 Å². The van der Waals surface area contributed by atoms with Crippen LogP contribution in [0.4, 0.5) is 0 Å². The minimum Gasteiger partial charge on any atom is -0.472 e. The second kappa shape index (κ2) is 6.98. The average molecular weight is 365 g/mol. The van der Waals surface area contributed by atoms with Gasteiger partial charge < -0.3 is 9.64 Å². The third kappa shape index (κ3) is 3.49. The third-order valence-corrected chi connectivity index (χ3v) is 5.11. The number of rotatable bonds is 4. The Balaban J connectivity index is 1.48.